The largest absolute Gasteiger partial charge is 0.322 e. The van der Waals surface area contributed by atoms with Gasteiger partial charge in [0.1, 0.15) is 15.0 Å². The fraction of sp³-hybridized carbons (Fsp3) is 0.364. The van der Waals surface area contributed by atoms with Crippen molar-refractivity contribution in [3.63, 3.8) is 0 Å². The SMILES string of the molecule is CC(C)CN1C(=O)c2ccc3c4c(ccc(c24)C1=S)C(=S)N(CC(C)C)C3=S. The van der Waals surface area contributed by atoms with Gasteiger partial charge in [0.2, 0.25) is 0 Å². The van der Waals surface area contributed by atoms with Crippen LogP contribution in [-0.4, -0.2) is 43.8 Å². The minimum Gasteiger partial charge on any atom is -0.322 e. The highest BCUT2D eigenvalue weighted by atomic mass is 32.1. The van der Waals surface area contributed by atoms with Crippen molar-refractivity contribution in [3.8, 4) is 0 Å². The minimum atomic E-state index is -0.0312. The van der Waals surface area contributed by atoms with Crippen molar-refractivity contribution in [2.45, 2.75) is 27.7 Å². The Kier molecular flexibility index (Phi) is 4.84. The normalized spacial score (nSPS) is 16.2. The molecule has 2 aromatic rings. The van der Waals surface area contributed by atoms with Gasteiger partial charge in [-0.15, -0.1) is 0 Å². The van der Waals surface area contributed by atoms with Crippen molar-refractivity contribution in [1.82, 2.24) is 9.80 Å². The molecule has 0 saturated heterocycles. The summed E-state index contributed by atoms with van der Waals surface area (Å²) in [4.78, 5) is 19.0. The molecule has 0 atom stereocenters. The van der Waals surface area contributed by atoms with E-state index in [1.54, 1.807) is 4.90 Å². The van der Waals surface area contributed by atoms with Crippen LogP contribution in [0.2, 0.25) is 0 Å². The molecular formula is C22H22N2OS3. The van der Waals surface area contributed by atoms with E-state index in [9.17, 15) is 4.79 Å². The Labute approximate surface area is 181 Å². The lowest BCUT2D eigenvalue weighted by Gasteiger charge is -2.36. The summed E-state index contributed by atoms with van der Waals surface area (Å²) in [5.41, 5.74) is 3.54. The van der Waals surface area contributed by atoms with E-state index < -0.39 is 0 Å². The molecule has 0 N–H and O–H groups in total. The number of hydrogen-bond acceptors (Lipinski definition) is 4. The van der Waals surface area contributed by atoms with Gasteiger partial charge in [0.25, 0.3) is 5.91 Å². The predicted octanol–water partition coefficient (Wildman–Crippen LogP) is 4.95. The van der Waals surface area contributed by atoms with Gasteiger partial charge in [0.15, 0.2) is 0 Å². The molecule has 3 nitrogen and oxygen atoms in total. The molecule has 1 amide bonds. The van der Waals surface area contributed by atoms with E-state index in [2.05, 4.69) is 27.7 Å². The fourth-order valence-electron chi connectivity index (χ4n) is 4.04. The average molecular weight is 427 g/mol. The third-order valence-corrected chi connectivity index (χ3v) is 6.48. The summed E-state index contributed by atoms with van der Waals surface area (Å²) >= 11 is 17.3. The lowest BCUT2D eigenvalue weighted by Crippen LogP contribution is -2.44. The second kappa shape index (κ2) is 6.94. The zero-order valence-corrected chi connectivity index (χ0v) is 18.9. The molecule has 2 aliphatic heterocycles. The summed E-state index contributed by atoms with van der Waals surface area (Å²) in [7, 11) is 0. The predicted molar refractivity (Wildman–Crippen MR) is 126 cm³/mol. The molecule has 2 heterocycles. The van der Waals surface area contributed by atoms with Crippen LogP contribution in [0.5, 0.6) is 0 Å². The molecule has 0 spiro atoms. The Hall–Kier alpha value is -1.76. The van der Waals surface area contributed by atoms with Crippen LogP contribution in [0.3, 0.4) is 0 Å². The van der Waals surface area contributed by atoms with Crippen LogP contribution in [0.15, 0.2) is 24.3 Å². The second-order valence-electron chi connectivity index (χ2n) is 8.30. The lowest BCUT2D eigenvalue weighted by atomic mass is 9.86. The Morgan fingerprint density at radius 2 is 1.04 bits per heavy atom. The Bertz CT molecular complexity index is 916. The molecule has 2 aliphatic rings. The van der Waals surface area contributed by atoms with E-state index in [4.69, 9.17) is 36.7 Å². The molecule has 4 rings (SSSR count). The summed E-state index contributed by atoms with van der Waals surface area (Å²) in [6, 6.07) is 7.93. The molecule has 6 heteroatoms. The zero-order valence-electron chi connectivity index (χ0n) is 16.4. The van der Waals surface area contributed by atoms with Crippen LogP contribution in [0.4, 0.5) is 0 Å². The maximum absolute atomic E-state index is 13.2. The van der Waals surface area contributed by atoms with Crippen LogP contribution in [0, 0.1) is 11.8 Å². The van der Waals surface area contributed by atoms with Crippen LogP contribution in [-0.2, 0) is 0 Å². The molecule has 0 fully saturated rings. The van der Waals surface area contributed by atoms with Gasteiger partial charge in [-0.05, 0) is 17.9 Å². The summed E-state index contributed by atoms with van der Waals surface area (Å²) < 4.78 is 0. The van der Waals surface area contributed by atoms with Gasteiger partial charge < -0.3 is 4.90 Å². The van der Waals surface area contributed by atoms with Crippen molar-refractivity contribution < 1.29 is 4.79 Å². The number of carbonyl (C=O) groups excluding carboxylic acids is 1. The fourth-order valence-corrected chi connectivity index (χ4v) is 5.09. The van der Waals surface area contributed by atoms with Crippen LogP contribution < -0.4 is 0 Å². The molecule has 28 heavy (non-hydrogen) atoms. The van der Waals surface area contributed by atoms with Gasteiger partial charge in [-0.3, -0.25) is 9.69 Å². The van der Waals surface area contributed by atoms with Crippen LogP contribution >= 0.6 is 36.7 Å². The number of thiocarbonyl (C=S) groups is 3. The first kappa shape index (κ1) is 19.6. The molecule has 2 aromatic carbocycles. The van der Waals surface area contributed by atoms with Gasteiger partial charge in [-0.25, -0.2) is 0 Å². The van der Waals surface area contributed by atoms with Crippen LogP contribution in [0.25, 0.3) is 10.8 Å². The van der Waals surface area contributed by atoms with Gasteiger partial charge in [0.05, 0.1) is 0 Å². The highest BCUT2D eigenvalue weighted by Crippen LogP contribution is 2.38. The molecule has 0 saturated carbocycles. The number of nitrogens with zero attached hydrogens (tertiary/aromatic N) is 2. The second-order valence-corrected chi connectivity index (χ2v) is 9.46. The quantitative estimate of drug-likeness (QED) is 0.644. The highest BCUT2D eigenvalue weighted by molar-refractivity contribution is 7.82. The maximum atomic E-state index is 13.2. The van der Waals surface area contributed by atoms with E-state index in [1.807, 2.05) is 29.2 Å². The van der Waals surface area contributed by atoms with Crippen molar-refractivity contribution in [2.75, 3.05) is 13.1 Å². The number of hydrogen-bond donors (Lipinski definition) is 0. The monoisotopic (exact) mass is 426 g/mol. The van der Waals surface area contributed by atoms with Crippen molar-refractivity contribution in [2.24, 2.45) is 11.8 Å². The molecule has 0 radical (unpaired) electrons. The van der Waals surface area contributed by atoms with Gasteiger partial charge in [-0.2, -0.15) is 0 Å². The lowest BCUT2D eigenvalue weighted by molar-refractivity contribution is 0.0838. The smallest absolute Gasteiger partial charge is 0.259 e. The third kappa shape index (κ3) is 2.81. The third-order valence-electron chi connectivity index (χ3n) is 5.16. The first-order chi connectivity index (χ1) is 13.2. The zero-order chi connectivity index (χ0) is 20.3. The van der Waals surface area contributed by atoms with Gasteiger partial charge in [0, 0.05) is 46.1 Å². The van der Waals surface area contributed by atoms with E-state index in [1.165, 1.54) is 0 Å². The molecule has 0 aromatic heterocycles. The minimum absolute atomic E-state index is 0.0312. The molecule has 144 valence electrons. The van der Waals surface area contributed by atoms with Crippen molar-refractivity contribution >= 4 is 68.3 Å². The first-order valence-electron chi connectivity index (χ1n) is 9.54. The van der Waals surface area contributed by atoms with Gasteiger partial charge in [-0.1, -0.05) is 82.5 Å². The number of carbonyl (C=O) groups is 1. The van der Waals surface area contributed by atoms with Crippen molar-refractivity contribution in [1.29, 1.82) is 0 Å². The van der Waals surface area contributed by atoms with Crippen molar-refractivity contribution in [3.05, 3.63) is 46.5 Å². The van der Waals surface area contributed by atoms with E-state index in [0.29, 0.717) is 28.9 Å². The summed E-state index contributed by atoms with van der Waals surface area (Å²) in [5, 5.41) is 1.88. The molecule has 0 unspecified atom stereocenters. The summed E-state index contributed by atoms with van der Waals surface area (Å²) in [6.07, 6.45) is 0. The van der Waals surface area contributed by atoms with Gasteiger partial charge >= 0.3 is 0 Å². The standard InChI is InChI=1S/C22H22N2OS3/c1-11(2)9-23-19(25)13-5-6-15-18-16(8-7-14(17(13)18)20(23)26)22(28)24(21(15)27)10-12(3)4/h5-8,11-12H,9-10H2,1-4H3. The van der Waals surface area contributed by atoms with Crippen LogP contribution in [0.1, 0.15) is 54.7 Å². The van der Waals surface area contributed by atoms with E-state index >= 15 is 0 Å². The topological polar surface area (TPSA) is 23.6 Å². The Morgan fingerprint density at radius 3 is 1.50 bits per heavy atom. The van der Waals surface area contributed by atoms with E-state index in [0.717, 1.165) is 44.0 Å². The number of benzene rings is 2. The Balaban J connectivity index is 1.96. The highest BCUT2D eigenvalue weighted by Gasteiger charge is 2.35. The van der Waals surface area contributed by atoms with E-state index in [-0.39, 0.29) is 5.91 Å². The molecular weight excluding hydrogens is 404 g/mol. The first-order valence-corrected chi connectivity index (χ1v) is 10.8. The molecule has 0 bridgehead atoms. The number of amides is 1. The molecule has 0 aliphatic carbocycles. The summed E-state index contributed by atoms with van der Waals surface area (Å²) in [6.45, 7) is 9.88. The maximum Gasteiger partial charge on any atom is 0.259 e. The average Bonchev–Trinajstić information content (AvgIpc) is 2.64. The number of rotatable bonds is 4. The Morgan fingerprint density at radius 1 is 0.679 bits per heavy atom. The summed E-state index contributed by atoms with van der Waals surface area (Å²) in [5.74, 6) is 0.738.